The molecule has 2 saturated carbocycles. The first-order valence-electron chi connectivity index (χ1n) is 33.7. The van der Waals surface area contributed by atoms with Crippen LogP contribution in [0.2, 0.25) is 0 Å². The second kappa shape index (κ2) is 29.0. The van der Waals surface area contributed by atoms with Gasteiger partial charge in [0.05, 0.1) is 44.1 Å². The molecule has 16 heteroatoms. The molecule has 0 saturated heterocycles. The third-order valence-electron chi connectivity index (χ3n) is 19.6. The van der Waals surface area contributed by atoms with Crippen molar-refractivity contribution in [2.24, 2.45) is 23.7 Å². The summed E-state index contributed by atoms with van der Waals surface area (Å²) in [5.41, 5.74) is 12.2. The fraction of sp³-hybridized carbons (Fsp3) is 0.293. The van der Waals surface area contributed by atoms with E-state index in [1.54, 1.807) is 84.9 Å². The van der Waals surface area contributed by atoms with E-state index >= 15 is 0 Å². The van der Waals surface area contributed by atoms with Gasteiger partial charge in [-0.15, -0.1) is 0 Å². The highest BCUT2D eigenvalue weighted by atomic mass is 19.1. The molecule has 4 heterocycles. The summed E-state index contributed by atoms with van der Waals surface area (Å²) in [5.74, 6) is 5.27. The number of Topliss-reactive ketones (excluding diaryl/α,β-unsaturated/α-hetero) is 1. The molecule has 16 rings (SSSR count). The minimum absolute atomic E-state index is 0.00986. The van der Waals surface area contributed by atoms with Crippen LogP contribution in [0.1, 0.15) is 138 Å². The maximum absolute atomic E-state index is 13.3. The second-order valence-electron chi connectivity index (χ2n) is 27.4. The van der Waals surface area contributed by atoms with Gasteiger partial charge in [-0.1, -0.05) is 148 Å². The average molecular weight is 1320 g/mol. The van der Waals surface area contributed by atoms with Gasteiger partial charge in [0.2, 0.25) is 0 Å². The van der Waals surface area contributed by atoms with Gasteiger partial charge in [-0.3, -0.25) is 9.59 Å². The third-order valence-corrected chi connectivity index (χ3v) is 19.6. The van der Waals surface area contributed by atoms with Crippen molar-refractivity contribution >= 4 is 90.0 Å². The van der Waals surface area contributed by atoms with Crippen LogP contribution in [0.25, 0.3) is 65.7 Å². The topological polar surface area (TPSA) is 183 Å². The average Bonchev–Trinajstić information content (AvgIpc) is 0.718. The van der Waals surface area contributed by atoms with E-state index in [9.17, 15) is 13.6 Å². The minimum Gasteiger partial charge on any atom is -0.489 e. The SMILES string of the molecule is CC(=O)O.CC(=O)c1ccc(OCc2ccccc2F)cc1.C[C@H]1CC[C@H]2[C@H](C1)c1c(c3ccccc3c3nc4ccccc4nc13)OC2(C)C.C[C@H]1CC[C@H]2[C@H](C1)c1c(c3ccccc3c3nc4ccccc4nc13)OC2(C)C.OB(O)c1ccc(OCc2ccccc2F)cc1. The Morgan fingerprint density at radius 1 is 0.480 bits per heavy atom. The molecule has 2 aromatic heterocycles. The van der Waals surface area contributed by atoms with Gasteiger partial charge in [-0.05, 0) is 162 Å². The van der Waals surface area contributed by atoms with Crippen LogP contribution in [0.15, 0.2) is 194 Å². The number of ether oxygens (including phenoxy) is 4. The van der Waals surface area contributed by atoms with Gasteiger partial charge in [0.25, 0.3) is 5.97 Å². The molecule has 12 aromatic rings. The van der Waals surface area contributed by atoms with Gasteiger partial charge >= 0.3 is 7.12 Å². The lowest BCUT2D eigenvalue weighted by molar-refractivity contribution is -0.134. The van der Waals surface area contributed by atoms with E-state index in [4.69, 9.17) is 58.8 Å². The largest absolute Gasteiger partial charge is 0.489 e. The summed E-state index contributed by atoms with van der Waals surface area (Å²) in [5, 5.41) is 29.9. The highest BCUT2D eigenvalue weighted by Crippen LogP contribution is 2.58. The van der Waals surface area contributed by atoms with Crippen molar-refractivity contribution in [2.45, 2.75) is 130 Å². The standard InChI is InChI=1S/2C26H26N2O.C15H13FO2.C13H12BFO3.C2H4O2/c2*1-15-12-13-19-18(14-15)22-24-23(27-20-10-6-7-11-21(20)28-24)16-8-4-5-9-17(16)25(22)29-26(19,2)3;1-11(17)12-6-8-14(9-7-12)18-10-13-4-2-3-5-15(13)16;15-13-4-2-1-3-10(13)9-18-12-7-5-11(6-8-12)14(16)17;1-2(3)4/h2*4-11,15,18-19H,12-14H2,1-3H3;2-9H,10H2,1H3;1-8,16-17H,9H2;1H3,(H,3,4)/t2*15-,18-,19-;;;/m00.../s1. The van der Waals surface area contributed by atoms with E-state index in [1.807, 2.05) is 24.3 Å². The Kier molecular flexibility index (Phi) is 20.2. The van der Waals surface area contributed by atoms with Crippen LogP contribution in [-0.4, -0.2) is 65.2 Å². The lowest BCUT2D eigenvalue weighted by Gasteiger charge is -2.49. The number of rotatable bonds is 8. The zero-order chi connectivity index (χ0) is 69.0. The molecule has 0 spiro atoms. The molecule has 0 unspecified atom stereocenters. The Morgan fingerprint density at radius 2 is 0.816 bits per heavy atom. The Bertz CT molecular complexity index is 4690. The molecule has 0 amide bonds. The summed E-state index contributed by atoms with van der Waals surface area (Å²) in [4.78, 5) is 40.6. The van der Waals surface area contributed by atoms with Crippen LogP contribution in [0.3, 0.4) is 0 Å². The quantitative estimate of drug-likeness (QED) is 0.0566. The number of hydrogen-bond donors (Lipinski definition) is 3. The van der Waals surface area contributed by atoms with Crippen molar-refractivity contribution in [3.05, 3.63) is 234 Å². The number of fused-ring (bicyclic) bond motifs is 18. The van der Waals surface area contributed by atoms with Crippen LogP contribution >= 0.6 is 0 Å². The van der Waals surface area contributed by atoms with Gasteiger partial charge in [0, 0.05) is 68.1 Å². The Balaban J connectivity index is 0.000000125. The maximum Gasteiger partial charge on any atom is 0.488 e. The first kappa shape index (κ1) is 68.1. The fourth-order valence-corrected chi connectivity index (χ4v) is 14.8. The molecule has 2 fully saturated rings. The Hall–Kier alpha value is -9.90. The third kappa shape index (κ3) is 14.7. The van der Waals surface area contributed by atoms with Crippen molar-refractivity contribution in [3.63, 3.8) is 0 Å². The number of para-hydroxylation sites is 4. The summed E-state index contributed by atoms with van der Waals surface area (Å²) in [6, 6.07) is 59.5. The molecule has 0 radical (unpaired) electrons. The van der Waals surface area contributed by atoms with Crippen LogP contribution in [0, 0.1) is 35.3 Å². The van der Waals surface area contributed by atoms with Gasteiger partial charge in [-0.2, -0.15) is 0 Å². The van der Waals surface area contributed by atoms with Crippen LogP contribution < -0.4 is 24.4 Å². The molecule has 2 aliphatic heterocycles. The molecule has 0 bridgehead atoms. The van der Waals surface area contributed by atoms with Crippen molar-refractivity contribution < 1.29 is 52.5 Å². The van der Waals surface area contributed by atoms with Gasteiger partial charge < -0.3 is 34.1 Å². The molecule has 500 valence electrons. The highest BCUT2D eigenvalue weighted by Gasteiger charge is 2.49. The van der Waals surface area contributed by atoms with Gasteiger partial charge in [-0.25, -0.2) is 28.7 Å². The van der Waals surface area contributed by atoms with E-state index in [1.165, 1.54) is 79.5 Å². The van der Waals surface area contributed by atoms with Gasteiger partial charge in [0.15, 0.2) is 5.78 Å². The lowest BCUT2D eigenvalue weighted by Crippen LogP contribution is -2.46. The maximum atomic E-state index is 13.3. The van der Waals surface area contributed by atoms with Crippen LogP contribution in [0.4, 0.5) is 8.78 Å². The second-order valence-corrected chi connectivity index (χ2v) is 27.4. The van der Waals surface area contributed by atoms with Crippen molar-refractivity contribution in [1.82, 2.24) is 19.9 Å². The number of nitrogens with zero attached hydrogens (tertiary/aromatic N) is 4. The van der Waals surface area contributed by atoms with Crippen LogP contribution in [-0.2, 0) is 18.0 Å². The molecule has 10 aromatic carbocycles. The summed E-state index contributed by atoms with van der Waals surface area (Å²) < 4.78 is 51.1. The summed E-state index contributed by atoms with van der Waals surface area (Å²) in [6.07, 6.45) is 7.40. The van der Waals surface area contributed by atoms with E-state index in [0.29, 0.717) is 57.3 Å². The Labute approximate surface area is 570 Å². The number of carbonyl (C=O) groups excluding carboxylic acids is 1. The summed E-state index contributed by atoms with van der Waals surface area (Å²) in [7, 11) is -1.49. The number of aliphatic carboxylic acids is 1. The van der Waals surface area contributed by atoms with E-state index < -0.39 is 13.1 Å². The number of benzene rings is 10. The predicted molar refractivity (Wildman–Crippen MR) is 384 cm³/mol. The minimum atomic E-state index is -1.49. The number of ketones is 1. The number of carboxylic acids is 1. The highest BCUT2D eigenvalue weighted by molar-refractivity contribution is 6.58. The normalized spacial score (nSPS) is 19.1. The van der Waals surface area contributed by atoms with Gasteiger partial charge in [0.1, 0.15) is 59.0 Å². The molecular weight excluding hydrogens is 1230 g/mol. The number of halogens is 2. The van der Waals surface area contributed by atoms with Crippen molar-refractivity contribution in [1.29, 1.82) is 0 Å². The Morgan fingerprint density at radius 3 is 1.18 bits per heavy atom. The zero-order valence-electron chi connectivity index (χ0n) is 56.5. The van der Waals surface area contributed by atoms with Crippen molar-refractivity contribution in [2.75, 3.05) is 0 Å². The smallest absolute Gasteiger partial charge is 0.488 e. The monoisotopic (exact) mass is 1310 g/mol. The fourth-order valence-electron chi connectivity index (χ4n) is 14.8. The first-order chi connectivity index (χ1) is 47.1. The number of carboxylic acid groups (broad SMARTS) is 1. The van der Waals surface area contributed by atoms with Crippen LogP contribution in [0.5, 0.6) is 23.0 Å². The molecule has 4 aliphatic rings. The predicted octanol–water partition coefficient (Wildman–Crippen LogP) is 18.0. The molecule has 6 atom stereocenters. The molecule has 98 heavy (non-hydrogen) atoms. The van der Waals surface area contributed by atoms with E-state index in [-0.39, 0.29) is 41.8 Å². The zero-order valence-corrected chi connectivity index (χ0v) is 56.5. The number of aromatic nitrogens is 4. The number of carbonyl (C=O) groups is 2. The summed E-state index contributed by atoms with van der Waals surface area (Å²) in [6.45, 7) is 16.8. The lowest BCUT2D eigenvalue weighted by atomic mass is 9.64. The molecule has 13 nitrogen and oxygen atoms in total. The number of hydrogen-bond acceptors (Lipinski definition) is 12. The first-order valence-corrected chi connectivity index (χ1v) is 33.7. The molecule has 2 aliphatic carbocycles. The van der Waals surface area contributed by atoms with E-state index in [0.717, 1.165) is 85.2 Å². The molecule has 3 N–H and O–H groups in total. The summed E-state index contributed by atoms with van der Waals surface area (Å²) >= 11 is 0. The molecular formula is C82H81BF2N4O9. The van der Waals surface area contributed by atoms with Crippen molar-refractivity contribution in [3.8, 4) is 23.0 Å². The van der Waals surface area contributed by atoms with E-state index in [2.05, 4.69) is 114 Å².